The molecule has 2 rings (SSSR count). The van der Waals surface area contributed by atoms with Gasteiger partial charge in [-0.1, -0.05) is 0 Å². The lowest BCUT2D eigenvalue weighted by atomic mass is 9.98. The molecule has 12 heavy (non-hydrogen) atoms. The Hall–Kier alpha value is -0.0800. The van der Waals surface area contributed by atoms with Gasteiger partial charge in [-0.2, -0.15) is 0 Å². The summed E-state index contributed by atoms with van der Waals surface area (Å²) in [6.07, 6.45) is 5.50. The second-order valence-electron chi connectivity index (χ2n) is 4.63. The Balaban J connectivity index is 1.65. The number of rotatable bonds is 3. The predicted octanol–water partition coefficient (Wildman–Crippen LogP) is 1.13. The van der Waals surface area contributed by atoms with Crippen LogP contribution in [0.25, 0.3) is 0 Å². The summed E-state index contributed by atoms with van der Waals surface area (Å²) in [5, 5.41) is 7.07. The van der Waals surface area contributed by atoms with E-state index in [1.165, 1.54) is 45.3 Å². The smallest absolute Gasteiger partial charge is 0.0154 e. The summed E-state index contributed by atoms with van der Waals surface area (Å²) in [6.45, 7) is 6.04. The van der Waals surface area contributed by atoms with Crippen LogP contribution in [0, 0.1) is 5.92 Å². The first kappa shape index (κ1) is 8.52. The summed E-state index contributed by atoms with van der Waals surface area (Å²) >= 11 is 0. The number of piperidine rings is 1. The SMILES string of the molecule is CC1(NCC2CCNCC2)CC1. The van der Waals surface area contributed by atoms with Crippen molar-refractivity contribution in [2.24, 2.45) is 5.92 Å². The standard InChI is InChI=1S/C10H20N2/c1-10(4-5-10)12-8-9-2-6-11-7-3-9/h9,11-12H,2-8H2,1H3. The van der Waals surface area contributed by atoms with Gasteiger partial charge in [-0.3, -0.25) is 0 Å². The highest BCUT2D eigenvalue weighted by Gasteiger charge is 2.36. The Labute approximate surface area is 75.1 Å². The normalized spacial score (nSPS) is 28.8. The molecule has 2 aliphatic rings. The van der Waals surface area contributed by atoms with Crippen LogP contribution in [0.2, 0.25) is 0 Å². The van der Waals surface area contributed by atoms with Crippen molar-refractivity contribution in [1.29, 1.82) is 0 Å². The largest absolute Gasteiger partial charge is 0.317 e. The molecule has 0 aromatic carbocycles. The lowest BCUT2D eigenvalue weighted by Gasteiger charge is -2.24. The molecule has 1 saturated heterocycles. The van der Waals surface area contributed by atoms with Crippen LogP contribution in [0.1, 0.15) is 32.6 Å². The Morgan fingerprint density at radius 2 is 2.00 bits per heavy atom. The van der Waals surface area contributed by atoms with E-state index >= 15 is 0 Å². The van der Waals surface area contributed by atoms with Crippen LogP contribution in [0.5, 0.6) is 0 Å². The van der Waals surface area contributed by atoms with Crippen molar-refractivity contribution < 1.29 is 0 Å². The van der Waals surface area contributed by atoms with Crippen molar-refractivity contribution in [2.45, 2.75) is 38.1 Å². The molecule has 2 heteroatoms. The molecule has 70 valence electrons. The van der Waals surface area contributed by atoms with Gasteiger partial charge in [0.1, 0.15) is 0 Å². The molecule has 2 nitrogen and oxygen atoms in total. The van der Waals surface area contributed by atoms with Crippen LogP contribution in [0.4, 0.5) is 0 Å². The summed E-state index contributed by atoms with van der Waals surface area (Å²) in [4.78, 5) is 0. The number of hydrogen-bond donors (Lipinski definition) is 2. The molecule has 1 heterocycles. The van der Waals surface area contributed by atoms with Gasteiger partial charge < -0.3 is 10.6 Å². The summed E-state index contributed by atoms with van der Waals surface area (Å²) in [7, 11) is 0. The monoisotopic (exact) mass is 168 g/mol. The third-order valence-electron chi connectivity index (χ3n) is 3.28. The van der Waals surface area contributed by atoms with E-state index < -0.39 is 0 Å². The molecule has 0 atom stereocenters. The minimum atomic E-state index is 0.533. The van der Waals surface area contributed by atoms with Crippen molar-refractivity contribution in [3.05, 3.63) is 0 Å². The predicted molar refractivity (Wildman–Crippen MR) is 51.2 cm³/mol. The molecule has 0 amide bonds. The average molecular weight is 168 g/mol. The average Bonchev–Trinajstić information content (AvgIpc) is 2.84. The van der Waals surface area contributed by atoms with Gasteiger partial charge in [0.15, 0.2) is 0 Å². The molecule has 2 fully saturated rings. The van der Waals surface area contributed by atoms with Gasteiger partial charge >= 0.3 is 0 Å². The summed E-state index contributed by atoms with van der Waals surface area (Å²) < 4.78 is 0. The Kier molecular flexibility index (Phi) is 2.37. The lowest BCUT2D eigenvalue weighted by Crippen LogP contribution is -2.37. The quantitative estimate of drug-likeness (QED) is 0.660. The van der Waals surface area contributed by atoms with Gasteiger partial charge in [0.05, 0.1) is 0 Å². The van der Waals surface area contributed by atoms with Gasteiger partial charge in [-0.05, 0) is 58.2 Å². The summed E-state index contributed by atoms with van der Waals surface area (Å²) in [6, 6.07) is 0. The highest BCUT2D eigenvalue weighted by atomic mass is 15.0. The Morgan fingerprint density at radius 3 is 2.58 bits per heavy atom. The van der Waals surface area contributed by atoms with E-state index in [1.54, 1.807) is 0 Å². The van der Waals surface area contributed by atoms with Crippen molar-refractivity contribution in [3.63, 3.8) is 0 Å². The molecule has 0 spiro atoms. The van der Waals surface area contributed by atoms with Crippen LogP contribution in [-0.4, -0.2) is 25.2 Å². The maximum Gasteiger partial charge on any atom is 0.0154 e. The highest BCUT2D eigenvalue weighted by molar-refractivity contribution is 4.97. The molecule has 1 aliphatic heterocycles. The van der Waals surface area contributed by atoms with E-state index in [4.69, 9.17) is 0 Å². The first-order valence-electron chi connectivity index (χ1n) is 5.24. The molecule has 1 saturated carbocycles. The molecule has 0 unspecified atom stereocenters. The summed E-state index contributed by atoms with van der Waals surface area (Å²) in [5.41, 5.74) is 0.533. The first-order valence-corrected chi connectivity index (χ1v) is 5.24. The lowest BCUT2D eigenvalue weighted by molar-refractivity contribution is 0.339. The van der Waals surface area contributed by atoms with E-state index in [0.717, 1.165) is 5.92 Å². The Bertz CT molecular complexity index is 146. The zero-order chi connectivity index (χ0) is 8.44. The maximum atomic E-state index is 3.67. The minimum absolute atomic E-state index is 0.533. The Morgan fingerprint density at radius 1 is 1.33 bits per heavy atom. The zero-order valence-electron chi connectivity index (χ0n) is 8.03. The maximum absolute atomic E-state index is 3.67. The molecule has 2 N–H and O–H groups in total. The molecular weight excluding hydrogens is 148 g/mol. The minimum Gasteiger partial charge on any atom is -0.317 e. The van der Waals surface area contributed by atoms with Crippen molar-refractivity contribution >= 4 is 0 Å². The van der Waals surface area contributed by atoms with Crippen LogP contribution < -0.4 is 10.6 Å². The topological polar surface area (TPSA) is 24.1 Å². The van der Waals surface area contributed by atoms with Gasteiger partial charge in [-0.15, -0.1) is 0 Å². The van der Waals surface area contributed by atoms with Crippen LogP contribution in [0.3, 0.4) is 0 Å². The van der Waals surface area contributed by atoms with Crippen molar-refractivity contribution in [2.75, 3.05) is 19.6 Å². The van der Waals surface area contributed by atoms with Crippen LogP contribution >= 0.6 is 0 Å². The van der Waals surface area contributed by atoms with E-state index in [-0.39, 0.29) is 0 Å². The van der Waals surface area contributed by atoms with E-state index in [0.29, 0.717) is 5.54 Å². The van der Waals surface area contributed by atoms with Gasteiger partial charge in [0.25, 0.3) is 0 Å². The van der Waals surface area contributed by atoms with Gasteiger partial charge in [0, 0.05) is 5.54 Å². The van der Waals surface area contributed by atoms with E-state index in [2.05, 4.69) is 17.6 Å². The van der Waals surface area contributed by atoms with E-state index in [1.807, 2.05) is 0 Å². The van der Waals surface area contributed by atoms with Crippen molar-refractivity contribution in [1.82, 2.24) is 10.6 Å². The van der Waals surface area contributed by atoms with E-state index in [9.17, 15) is 0 Å². The second-order valence-corrected chi connectivity index (χ2v) is 4.63. The zero-order valence-corrected chi connectivity index (χ0v) is 8.03. The number of hydrogen-bond acceptors (Lipinski definition) is 2. The third-order valence-corrected chi connectivity index (χ3v) is 3.28. The first-order chi connectivity index (χ1) is 5.79. The molecular formula is C10H20N2. The molecule has 1 aliphatic carbocycles. The molecule has 0 bridgehead atoms. The molecule has 0 aromatic rings. The molecule has 0 radical (unpaired) electrons. The fraction of sp³-hybridized carbons (Fsp3) is 1.00. The fourth-order valence-electron chi connectivity index (χ4n) is 1.84. The highest BCUT2D eigenvalue weighted by Crippen LogP contribution is 2.34. The number of nitrogens with one attached hydrogen (secondary N) is 2. The van der Waals surface area contributed by atoms with Gasteiger partial charge in [0.2, 0.25) is 0 Å². The second kappa shape index (κ2) is 3.35. The van der Waals surface area contributed by atoms with Gasteiger partial charge in [-0.25, -0.2) is 0 Å². The van der Waals surface area contributed by atoms with Crippen molar-refractivity contribution in [3.8, 4) is 0 Å². The third kappa shape index (κ3) is 2.20. The molecule has 0 aromatic heterocycles. The van der Waals surface area contributed by atoms with Crippen LogP contribution in [0.15, 0.2) is 0 Å². The fourth-order valence-corrected chi connectivity index (χ4v) is 1.84. The van der Waals surface area contributed by atoms with Crippen LogP contribution in [-0.2, 0) is 0 Å². The summed E-state index contributed by atoms with van der Waals surface area (Å²) in [5.74, 6) is 0.934.